The molecule has 0 aliphatic carbocycles. The molecule has 2 aromatic carbocycles. The van der Waals surface area contributed by atoms with Crippen molar-refractivity contribution >= 4 is 17.5 Å². The zero-order chi connectivity index (χ0) is 13.7. The summed E-state index contributed by atoms with van der Waals surface area (Å²) in [5, 5.41) is 9.47. The average Bonchev–Trinajstić information content (AvgIpc) is 2.42. The lowest BCUT2D eigenvalue weighted by Gasteiger charge is -2.22. The lowest BCUT2D eigenvalue weighted by Crippen LogP contribution is -2.24. The number of carbonyl (C=O) groups is 1. The SMILES string of the molecule is C=CCc1ccccc1N(C(=O)O)c1ccccc1. The van der Waals surface area contributed by atoms with E-state index >= 15 is 0 Å². The summed E-state index contributed by atoms with van der Waals surface area (Å²) in [6, 6.07) is 16.5. The molecule has 3 nitrogen and oxygen atoms in total. The summed E-state index contributed by atoms with van der Waals surface area (Å²) >= 11 is 0. The van der Waals surface area contributed by atoms with Gasteiger partial charge in [-0.1, -0.05) is 42.5 Å². The topological polar surface area (TPSA) is 40.5 Å². The minimum Gasteiger partial charge on any atom is -0.464 e. The van der Waals surface area contributed by atoms with Gasteiger partial charge in [0.15, 0.2) is 0 Å². The molecule has 0 spiro atoms. The molecule has 0 radical (unpaired) electrons. The average molecular weight is 253 g/mol. The van der Waals surface area contributed by atoms with Crippen molar-refractivity contribution < 1.29 is 9.90 Å². The van der Waals surface area contributed by atoms with Crippen LogP contribution in [0.4, 0.5) is 16.2 Å². The molecule has 1 amide bonds. The van der Waals surface area contributed by atoms with E-state index in [4.69, 9.17) is 0 Å². The van der Waals surface area contributed by atoms with E-state index in [0.717, 1.165) is 5.56 Å². The Labute approximate surface area is 112 Å². The van der Waals surface area contributed by atoms with Gasteiger partial charge in [0.2, 0.25) is 0 Å². The van der Waals surface area contributed by atoms with Gasteiger partial charge in [-0.05, 0) is 30.2 Å². The first-order valence-electron chi connectivity index (χ1n) is 6.01. The highest BCUT2D eigenvalue weighted by Gasteiger charge is 2.18. The van der Waals surface area contributed by atoms with E-state index in [0.29, 0.717) is 17.8 Å². The highest BCUT2D eigenvalue weighted by molar-refractivity contribution is 5.95. The number of amides is 1. The molecule has 0 fully saturated rings. The van der Waals surface area contributed by atoms with Crippen LogP contribution in [0.5, 0.6) is 0 Å². The van der Waals surface area contributed by atoms with Gasteiger partial charge in [0, 0.05) is 0 Å². The van der Waals surface area contributed by atoms with Crippen LogP contribution in [0.3, 0.4) is 0 Å². The highest BCUT2D eigenvalue weighted by Crippen LogP contribution is 2.29. The first kappa shape index (κ1) is 12.9. The van der Waals surface area contributed by atoms with Crippen molar-refractivity contribution in [3.05, 3.63) is 72.8 Å². The fourth-order valence-corrected chi connectivity index (χ4v) is 1.99. The molecule has 0 unspecified atom stereocenters. The zero-order valence-electron chi connectivity index (χ0n) is 10.5. The molecular weight excluding hydrogens is 238 g/mol. The highest BCUT2D eigenvalue weighted by atomic mass is 16.4. The van der Waals surface area contributed by atoms with Crippen LogP contribution in [0.25, 0.3) is 0 Å². The van der Waals surface area contributed by atoms with Crippen molar-refractivity contribution in [3.8, 4) is 0 Å². The van der Waals surface area contributed by atoms with Gasteiger partial charge in [-0.3, -0.25) is 0 Å². The normalized spacial score (nSPS) is 9.89. The summed E-state index contributed by atoms with van der Waals surface area (Å²) in [4.78, 5) is 12.8. The minimum absolute atomic E-state index is 0.631. The number of anilines is 2. The number of rotatable bonds is 4. The second kappa shape index (κ2) is 5.87. The maximum atomic E-state index is 11.6. The van der Waals surface area contributed by atoms with Gasteiger partial charge < -0.3 is 5.11 Å². The zero-order valence-corrected chi connectivity index (χ0v) is 10.5. The van der Waals surface area contributed by atoms with Crippen LogP contribution in [0.2, 0.25) is 0 Å². The van der Waals surface area contributed by atoms with Crippen LogP contribution in [-0.2, 0) is 6.42 Å². The minimum atomic E-state index is -0.997. The van der Waals surface area contributed by atoms with Crippen molar-refractivity contribution in [3.63, 3.8) is 0 Å². The van der Waals surface area contributed by atoms with Crippen LogP contribution < -0.4 is 4.90 Å². The maximum absolute atomic E-state index is 11.6. The summed E-state index contributed by atoms with van der Waals surface area (Å²) in [5.41, 5.74) is 2.23. The van der Waals surface area contributed by atoms with E-state index in [1.54, 1.807) is 24.3 Å². The number of hydrogen-bond acceptors (Lipinski definition) is 1. The van der Waals surface area contributed by atoms with E-state index in [9.17, 15) is 9.90 Å². The van der Waals surface area contributed by atoms with Crippen molar-refractivity contribution in [1.29, 1.82) is 0 Å². The summed E-state index contributed by atoms with van der Waals surface area (Å²) in [6.07, 6.45) is 1.40. The molecule has 0 aliphatic rings. The van der Waals surface area contributed by atoms with E-state index in [-0.39, 0.29) is 0 Å². The first-order chi connectivity index (χ1) is 9.24. The number of carboxylic acid groups (broad SMARTS) is 1. The second-order valence-corrected chi connectivity index (χ2v) is 4.08. The van der Waals surface area contributed by atoms with Gasteiger partial charge in [0.25, 0.3) is 0 Å². The molecule has 0 bridgehead atoms. The van der Waals surface area contributed by atoms with Crippen molar-refractivity contribution in [1.82, 2.24) is 0 Å². The molecule has 0 saturated heterocycles. The second-order valence-electron chi connectivity index (χ2n) is 4.08. The first-order valence-corrected chi connectivity index (χ1v) is 6.01. The molecular formula is C16H15NO2. The number of allylic oxidation sites excluding steroid dienone is 1. The predicted octanol–water partition coefficient (Wildman–Crippen LogP) is 4.23. The third-order valence-electron chi connectivity index (χ3n) is 2.80. The van der Waals surface area contributed by atoms with Gasteiger partial charge >= 0.3 is 6.09 Å². The van der Waals surface area contributed by atoms with Crippen molar-refractivity contribution in [2.45, 2.75) is 6.42 Å². The molecule has 1 N–H and O–H groups in total. The molecule has 2 aromatic rings. The largest absolute Gasteiger partial charge is 0.464 e. The standard InChI is InChI=1S/C16H15NO2/c1-2-8-13-9-6-7-12-15(13)17(16(18)19)14-10-4-3-5-11-14/h2-7,9-12H,1,8H2,(H,18,19). The lowest BCUT2D eigenvalue weighted by atomic mass is 10.1. The van der Waals surface area contributed by atoms with Gasteiger partial charge in [-0.2, -0.15) is 0 Å². The lowest BCUT2D eigenvalue weighted by molar-refractivity contribution is 0.204. The van der Waals surface area contributed by atoms with E-state index in [1.807, 2.05) is 36.4 Å². The van der Waals surface area contributed by atoms with Gasteiger partial charge in [0.05, 0.1) is 11.4 Å². The summed E-state index contributed by atoms with van der Waals surface area (Å²) in [7, 11) is 0. The van der Waals surface area contributed by atoms with Gasteiger partial charge in [0.1, 0.15) is 0 Å². The summed E-state index contributed by atoms with van der Waals surface area (Å²) in [5.74, 6) is 0. The third kappa shape index (κ3) is 2.83. The Kier molecular flexibility index (Phi) is 3.98. The molecule has 19 heavy (non-hydrogen) atoms. The summed E-state index contributed by atoms with van der Waals surface area (Å²) < 4.78 is 0. The smallest absolute Gasteiger partial charge is 0.416 e. The molecule has 0 aromatic heterocycles. The quantitative estimate of drug-likeness (QED) is 0.828. The van der Waals surface area contributed by atoms with Gasteiger partial charge in [-0.25, -0.2) is 9.69 Å². The van der Waals surface area contributed by atoms with Crippen LogP contribution >= 0.6 is 0 Å². The van der Waals surface area contributed by atoms with Crippen molar-refractivity contribution in [2.24, 2.45) is 0 Å². The van der Waals surface area contributed by atoms with Gasteiger partial charge in [-0.15, -0.1) is 6.58 Å². The van der Waals surface area contributed by atoms with Crippen LogP contribution in [0, 0.1) is 0 Å². The Hall–Kier alpha value is -2.55. The molecule has 3 heteroatoms. The Morgan fingerprint density at radius 1 is 1.11 bits per heavy atom. The van der Waals surface area contributed by atoms with Crippen LogP contribution in [-0.4, -0.2) is 11.2 Å². The van der Waals surface area contributed by atoms with E-state index in [1.165, 1.54) is 4.90 Å². The number of para-hydroxylation sites is 2. The fraction of sp³-hybridized carbons (Fsp3) is 0.0625. The van der Waals surface area contributed by atoms with E-state index < -0.39 is 6.09 Å². The monoisotopic (exact) mass is 253 g/mol. The van der Waals surface area contributed by atoms with E-state index in [2.05, 4.69) is 6.58 Å². The Balaban J connectivity index is 2.51. The van der Waals surface area contributed by atoms with Crippen molar-refractivity contribution in [2.75, 3.05) is 4.90 Å². The molecule has 2 rings (SSSR count). The third-order valence-corrected chi connectivity index (χ3v) is 2.80. The number of benzene rings is 2. The maximum Gasteiger partial charge on any atom is 0.416 e. The Bertz CT molecular complexity index is 578. The number of hydrogen-bond donors (Lipinski definition) is 1. The van der Waals surface area contributed by atoms with Crippen LogP contribution in [0.1, 0.15) is 5.56 Å². The molecule has 96 valence electrons. The molecule has 0 atom stereocenters. The predicted molar refractivity (Wildman–Crippen MR) is 76.9 cm³/mol. The fourth-order valence-electron chi connectivity index (χ4n) is 1.99. The Morgan fingerprint density at radius 3 is 2.37 bits per heavy atom. The molecule has 0 heterocycles. The van der Waals surface area contributed by atoms with Crippen LogP contribution in [0.15, 0.2) is 67.3 Å². The molecule has 0 saturated carbocycles. The summed E-state index contributed by atoms with van der Waals surface area (Å²) in [6.45, 7) is 3.71. The Morgan fingerprint density at radius 2 is 1.74 bits per heavy atom. The number of nitrogens with zero attached hydrogens (tertiary/aromatic N) is 1. The molecule has 0 aliphatic heterocycles.